The highest BCUT2D eigenvalue weighted by atomic mass is 16.3. The fraction of sp³-hybridized carbons (Fsp3) is 0.118. The van der Waals surface area contributed by atoms with Crippen LogP contribution in [0.25, 0.3) is 6.08 Å². The minimum absolute atomic E-state index is 0.239. The first-order valence-corrected chi connectivity index (χ1v) is 7.08. The van der Waals surface area contributed by atoms with Crippen molar-refractivity contribution in [3.63, 3.8) is 0 Å². The molecule has 0 aliphatic carbocycles. The molecule has 6 N–H and O–H groups in total. The van der Waals surface area contributed by atoms with Crippen LogP contribution in [-0.4, -0.2) is 38.0 Å². The standard InChI is InChI=1S/C17H17NO6/c19-12-3-1-10(7-13(12)20)2-4-16(23)18-6-5-11-8-14(21)17(24)15(22)9-11/h1-4,7-9,19-22,24H,5-6H2,(H,18,23). The van der Waals surface area contributed by atoms with E-state index in [2.05, 4.69) is 5.32 Å². The van der Waals surface area contributed by atoms with Crippen molar-refractivity contribution in [1.82, 2.24) is 5.32 Å². The molecule has 0 atom stereocenters. The molecule has 0 aliphatic heterocycles. The lowest BCUT2D eigenvalue weighted by molar-refractivity contribution is -0.116. The summed E-state index contributed by atoms with van der Waals surface area (Å²) in [7, 11) is 0. The molecule has 0 saturated heterocycles. The Kier molecular flexibility index (Phi) is 5.16. The van der Waals surface area contributed by atoms with E-state index in [0.717, 1.165) is 0 Å². The minimum atomic E-state index is -0.581. The molecule has 2 rings (SSSR count). The maximum Gasteiger partial charge on any atom is 0.244 e. The number of phenolic OH excluding ortho intramolecular Hbond substituents is 5. The van der Waals surface area contributed by atoms with Gasteiger partial charge in [-0.15, -0.1) is 0 Å². The Morgan fingerprint density at radius 1 is 0.917 bits per heavy atom. The van der Waals surface area contributed by atoms with Gasteiger partial charge >= 0.3 is 0 Å². The average molecular weight is 331 g/mol. The predicted molar refractivity (Wildman–Crippen MR) is 87.0 cm³/mol. The molecule has 2 aromatic carbocycles. The molecule has 0 aromatic heterocycles. The summed E-state index contributed by atoms with van der Waals surface area (Å²) in [6, 6.07) is 6.78. The molecule has 0 saturated carbocycles. The first-order valence-electron chi connectivity index (χ1n) is 7.08. The first kappa shape index (κ1) is 17.0. The van der Waals surface area contributed by atoms with E-state index in [1.165, 1.54) is 36.4 Å². The van der Waals surface area contributed by atoms with E-state index in [9.17, 15) is 30.3 Å². The molecule has 2 aromatic rings. The van der Waals surface area contributed by atoms with Crippen LogP contribution in [0.1, 0.15) is 11.1 Å². The molecule has 24 heavy (non-hydrogen) atoms. The van der Waals surface area contributed by atoms with E-state index in [4.69, 9.17) is 0 Å². The number of nitrogens with one attached hydrogen (secondary N) is 1. The van der Waals surface area contributed by atoms with Gasteiger partial charge in [0, 0.05) is 12.6 Å². The Balaban J connectivity index is 1.87. The second-order valence-corrected chi connectivity index (χ2v) is 5.11. The maximum absolute atomic E-state index is 11.7. The van der Waals surface area contributed by atoms with Gasteiger partial charge in [0.05, 0.1) is 0 Å². The zero-order valence-electron chi connectivity index (χ0n) is 12.6. The fourth-order valence-electron chi connectivity index (χ4n) is 2.01. The molecular formula is C17H17NO6. The largest absolute Gasteiger partial charge is 0.504 e. The summed E-state index contributed by atoms with van der Waals surface area (Å²) in [5.74, 6) is -2.31. The zero-order chi connectivity index (χ0) is 17.7. The quantitative estimate of drug-likeness (QED) is 0.364. The molecule has 0 aliphatic rings. The van der Waals surface area contributed by atoms with Crippen LogP contribution in [0.5, 0.6) is 28.7 Å². The molecular weight excluding hydrogens is 314 g/mol. The van der Waals surface area contributed by atoms with Crippen molar-refractivity contribution in [1.29, 1.82) is 0 Å². The Morgan fingerprint density at radius 3 is 2.21 bits per heavy atom. The summed E-state index contributed by atoms with van der Waals surface area (Å²) in [4.78, 5) is 11.7. The number of carbonyl (C=O) groups excluding carboxylic acids is 1. The van der Waals surface area contributed by atoms with Crippen LogP contribution >= 0.6 is 0 Å². The van der Waals surface area contributed by atoms with Crippen molar-refractivity contribution in [2.24, 2.45) is 0 Å². The number of benzene rings is 2. The number of hydrogen-bond acceptors (Lipinski definition) is 6. The van der Waals surface area contributed by atoms with E-state index in [1.807, 2.05) is 0 Å². The number of carbonyl (C=O) groups is 1. The SMILES string of the molecule is O=C(C=Cc1ccc(O)c(O)c1)NCCc1cc(O)c(O)c(O)c1. The van der Waals surface area contributed by atoms with Crippen LogP contribution in [0.3, 0.4) is 0 Å². The lowest BCUT2D eigenvalue weighted by Gasteiger charge is -2.06. The van der Waals surface area contributed by atoms with Crippen molar-refractivity contribution in [3.05, 3.63) is 47.5 Å². The summed E-state index contributed by atoms with van der Waals surface area (Å²) in [5, 5.41) is 49.2. The van der Waals surface area contributed by atoms with E-state index in [-0.39, 0.29) is 24.0 Å². The predicted octanol–water partition coefficient (Wildman–Crippen LogP) is 1.59. The van der Waals surface area contributed by atoms with Gasteiger partial charge in [0.1, 0.15) is 0 Å². The van der Waals surface area contributed by atoms with Gasteiger partial charge in [-0.3, -0.25) is 4.79 Å². The van der Waals surface area contributed by atoms with Gasteiger partial charge in [0.15, 0.2) is 28.7 Å². The second kappa shape index (κ2) is 7.28. The van der Waals surface area contributed by atoms with Crippen molar-refractivity contribution >= 4 is 12.0 Å². The van der Waals surface area contributed by atoms with Gasteiger partial charge in [0.25, 0.3) is 0 Å². The van der Waals surface area contributed by atoms with Crippen molar-refractivity contribution in [3.8, 4) is 28.7 Å². The molecule has 126 valence electrons. The number of hydrogen-bond donors (Lipinski definition) is 6. The van der Waals surface area contributed by atoms with Gasteiger partial charge in [0.2, 0.25) is 5.91 Å². The van der Waals surface area contributed by atoms with Gasteiger partial charge in [-0.1, -0.05) is 6.07 Å². The van der Waals surface area contributed by atoms with Gasteiger partial charge in [-0.25, -0.2) is 0 Å². The highest BCUT2D eigenvalue weighted by molar-refractivity contribution is 5.91. The summed E-state index contributed by atoms with van der Waals surface area (Å²) in [6.07, 6.45) is 3.10. The third-order valence-electron chi connectivity index (χ3n) is 3.27. The molecule has 0 unspecified atom stereocenters. The number of rotatable bonds is 5. The Hall–Kier alpha value is -3.35. The molecule has 1 amide bonds. The van der Waals surface area contributed by atoms with Gasteiger partial charge < -0.3 is 30.8 Å². The molecule has 7 heteroatoms. The Morgan fingerprint density at radius 2 is 1.58 bits per heavy atom. The minimum Gasteiger partial charge on any atom is -0.504 e. The Labute approximate surface area is 137 Å². The number of amides is 1. The number of phenols is 5. The van der Waals surface area contributed by atoms with E-state index >= 15 is 0 Å². The van der Waals surface area contributed by atoms with Crippen LogP contribution in [0.15, 0.2) is 36.4 Å². The molecule has 0 bridgehead atoms. The van der Waals surface area contributed by atoms with Crippen LogP contribution in [0.4, 0.5) is 0 Å². The van der Waals surface area contributed by atoms with Crippen LogP contribution in [0.2, 0.25) is 0 Å². The van der Waals surface area contributed by atoms with Gasteiger partial charge in [-0.05, 0) is 47.9 Å². The molecule has 7 nitrogen and oxygen atoms in total. The highest BCUT2D eigenvalue weighted by Gasteiger charge is 2.08. The monoisotopic (exact) mass is 331 g/mol. The summed E-state index contributed by atoms with van der Waals surface area (Å²) < 4.78 is 0. The van der Waals surface area contributed by atoms with E-state index in [0.29, 0.717) is 17.5 Å². The molecule has 0 radical (unpaired) electrons. The summed E-state index contributed by atoms with van der Waals surface area (Å²) >= 11 is 0. The van der Waals surface area contributed by atoms with Crippen molar-refractivity contribution in [2.45, 2.75) is 6.42 Å². The van der Waals surface area contributed by atoms with Crippen LogP contribution in [0, 0.1) is 0 Å². The Bertz CT molecular complexity index is 762. The lowest BCUT2D eigenvalue weighted by atomic mass is 10.1. The zero-order valence-corrected chi connectivity index (χ0v) is 12.6. The third-order valence-corrected chi connectivity index (χ3v) is 3.27. The topological polar surface area (TPSA) is 130 Å². The fourth-order valence-corrected chi connectivity index (χ4v) is 2.01. The van der Waals surface area contributed by atoms with Crippen LogP contribution in [-0.2, 0) is 11.2 Å². The van der Waals surface area contributed by atoms with E-state index in [1.54, 1.807) is 6.07 Å². The first-order chi connectivity index (χ1) is 11.4. The van der Waals surface area contributed by atoms with Gasteiger partial charge in [-0.2, -0.15) is 0 Å². The highest BCUT2D eigenvalue weighted by Crippen LogP contribution is 2.35. The third kappa shape index (κ3) is 4.33. The summed E-state index contributed by atoms with van der Waals surface area (Å²) in [6.45, 7) is 0.258. The molecule has 0 fully saturated rings. The summed E-state index contributed by atoms with van der Waals surface area (Å²) in [5.41, 5.74) is 1.10. The molecule has 0 heterocycles. The smallest absolute Gasteiger partial charge is 0.244 e. The average Bonchev–Trinajstić information content (AvgIpc) is 2.53. The normalized spacial score (nSPS) is 10.8. The second-order valence-electron chi connectivity index (χ2n) is 5.11. The number of aromatic hydroxyl groups is 5. The van der Waals surface area contributed by atoms with E-state index < -0.39 is 17.2 Å². The van der Waals surface area contributed by atoms with Crippen LogP contribution < -0.4 is 5.32 Å². The van der Waals surface area contributed by atoms with Crippen molar-refractivity contribution in [2.75, 3.05) is 6.54 Å². The van der Waals surface area contributed by atoms with Crippen molar-refractivity contribution < 1.29 is 30.3 Å². The maximum atomic E-state index is 11.7. The lowest BCUT2D eigenvalue weighted by Crippen LogP contribution is -2.23. The molecule has 0 spiro atoms.